The van der Waals surface area contributed by atoms with Crippen molar-refractivity contribution in [2.24, 2.45) is 0 Å². The summed E-state index contributed by atoms with van der Waals surface area (Å²) >= 11 is 5.97. The first kappa shape index (κ1) is 19.9. The summed E-state index contributed by atoms with van der Waals surface area (Å²) in [5, 5.41) is 2.71. The van der Waals surface area contributed by atoms with Crippen molar-refractivity contribution in [2.75, 3.05) is 12.9 Å². The van der Waals surface area contributed by atoms with Gasteiger partial charge in [0.05, 0.1) is 28.3 Å². The largest absolute Gasteiger partial charge is 0.467 e. The van der Waals surface area contributed by atoms with E-state index in [4.69, 9.17) is 11.6 Å². The monoisotopic (exact) mass is 395 g/mol. The van der Waals surface area contributed by atoms with Gasteiger partial charge in [-0.1, -0.05) is 41.9 Å². The highest BCUT2D eigenvalue weighted by molar-refractivity contribution is 7.91. The number of sulfone groups is 1. The van der Waals surface area contributed by atoms with Crippen molar-refractivity contribution in [3.63, 3.8) is 0 Å². The molecule has 8 heteroatoms. The molecule has 0 spiro atoms. The topological polar surface area (TPSA) is 89.5 Å². The second-order valence-corrected chi connectivity index (χ2v) is 7.97. The lowest BCUT2D eigenvalue weighted by Gasteiger charge is -2.17. The first-order valence-corrected chi connectivity index (χ1v) is 9.79. The van der Waals surface area contributed by atoms with E-state index in [-0.39, 0.29) is 27.7 Å². The first-order chi connectivity index (χ1) is 12.3. The van der Waals surface area contributed by atoms with Crippen LogP contribution in [-0.2, 0) is 19.4 Å². The maximum Gasteiger partial charge on any atom is 0.328 e. The van der Waals surface area contributed by atoms with Gasteiger partial charge in [-0.05, 0) is 30.7 Å². The fourth-order valence-electron chi connectivity index (χ4n) is 2.29. The quantitative estimate of drug-likeness (QED) is 0.727. The Morgan fingerprint density at radius 1 is 1.08 bits per heavy atom. The molecule has 1 N–H and O–H groups in total. The summed E-state index contributed by atoms with van der Waals surface area (Å²) in [5.74, 6) is -1.63. The molecule has 0 fully saturated rings. The van der Waals surface area contributed by atoms with Gasteiger partial charge in [0, 0.05) is 0 Å². The van der Waals surface area contributed by atoms with Gasteiger partial charge in [0.2, 0.25) is 0 Å². The highest BCUT2D eigenvalue weighted by Crippen LogP contribution is 2.16. The molecule has 26 heavy (non-hydrogen) atoms. The number of hydrogen-bond donors (Lipinski definition) is 1. The predicted octanol–water partition coefficient (Wildman–Crippen LogP) is 2.48. The summed E-state index contributed by atoms with van der Waals surface area (Å²) in [6.45, 7) is 0. The van der Waals surface area contributed by atoms with Gasteiger partial charge in [-0.2, -0.15) is 0 Å². The van der Waals surface area contributed by atoms with Gasteiger partial charge in [-0.3, -0.25) is 4.79 Å². The summed E-state index contributed by atoms with van der Waals surface area (Å²) in [6, 6.07) is 13.1. The predicted molar refractivity (Wildman–Crippen MR) is 97.8 cm³/mol. The number of halogens is 1. The summed E-state index contributed by atoms with van der Waals surface area (Å²) in [4.78, 5) is 24.4. The van der Waals surface area contributed by atoms with E-state index < -0.39 is 27.8 Å². The van der Waals surface area contributed by atoms with Crippen molar-refractivity contribution in [3.05, 3.63) is 65.2 Å². The van der Waals surface area contributed by atoms with E-state index in [1.807, 2.05) is 0 Å². The van der Waals surface area contributed by atoms with Crippen LogP contribution in [0.25, 0.3) is 0 Å². The normalized spacial score (nSPS) is 12.2. The molecule has 0 heterocycles. The van der Waals surface area contributed by atoms with Gasteiger partial charge >= 0.3 is 5.97 Å². The third-order valence-electron chi connectivity index (χ3n) is 3.69. The third kappa shape index (κ3) is 5.06. The number of amides is 1. The summed E-state index contributed by atoms with van der Waals surface area (Å²) in [7, 11) is -2.42. The Kier molecular flexibility index (Phi) is 6.76. The zero-order valence-electron chi connectivity index (χ0n) is 14.0. The number of methoxy groups -OCH3 is 1. The lowest BCUT2D eigenvalue weighted by molar-refractivity contribution is -0.142. The number of benzene rings is 2. The second-order valence-electron chi connectivity index (χ2n) is 5.45. The van der Waals surface area contributed by atoms with Crippen LogP contribution >= 0.6 is 11.6 Å². The van der Waals surface area contributed by atoms with Crippen molar-refractivity contribution in [1.82, 2.24) is 5.32 Å². The third-order valence-corrected chi connectivity index (χ3v) is 5.78. The molecule has 0 aliphatic carbocycles. The van der Waals surface area contributed by atoms with Crippen LogP contribution in [0, 0.1) is 0 Å². The highest BCUT2D eigenvalue weighted by Gasteiger charge is 2.26. The summed E-state index contributed by atoms with van der Waals surface area (Å²) < 4.78 is 29.4. The zero-order valence-corrected chi connectivity index (χ0v) is 15.6. The standard InChI is InChI=1S/C18H18ClNO5S/c1-25-18(22)16(20-17(21)14-9-5-6-10-15(14)19)11-12-26(23,24)13-7-3-2-4-8-13/h2-10,16H,11-12H2,1H3,(H,20,21)/t16-/m0/s1. The molecule has 0 saturated carbocycles. The van der Waals surface area contributed by atoms with Gasteiger partial charge in [-0.25, -0.2) is 13.2 Å². The molecule has 0 aliphatic rings. The maximum absolute atomic E-state index is 12.4. The molecule has 1 atom stereocenters. The number of carbonyl (C=O) groups is 2. The smallest absolute Gasteiger partial charge is 0.328 e. The number of esters is 1. The molecule has 0 aliphatic heterocycles. The molecule has 0 unspecified atom stereocenters. The number of rotatable bonds is 7. The van der Waals surface area contributed by atoms with Crippen molar-refractivity contribution in [3.8, 4) is 0 Å². The molecular formula is C18H18ClNO5S. The minimum Gasteiger partial charge on any atom is -0.467 e. The van der Waals surface area contributed by atoms with Gasteiger partial charge in [-0.15, -0.1) is 0 Å². The van der Waals surface area contributed by atoms with Crippen LogP contribution in [0.5, 0.6) is 0 Å². The lowest BCUT2D eigenvalue weighted by atomic mass is 10.1. The molecule has 0 saturated heterocycles. The van der Waals surface area contributed by atoms with Crippen molar-refractivity contribution in [1.29, 1.82) is 0 Å². The molecule has 2 aromatic carbocycles. The highest BCUT2D eigenvalue weighted by atomic mass is 35.5. The van der Waals surface area contributed by atoms with Crippen LogP contribution in [0.1, 0.15) is 16.8 Å². The van der Waals surface area contributed by atoms with Crippen LogP contribution < -0.4 is 5.32 Å². The average Bonchev–Trinajstić information content (AvgIpc) is 2.65. The van der Waals surface area contributed by atoms with Gasteiger partial charge in [0.25, 0.3) is 5.91 Å². The molecule has 0 radical (unpaired) electrons. The summed E-state index contributed by atoms with van der Waals surface area (Å²) in [6.07, 6.45) is -0.125. The Bertz CT molecular complexity index is 883. The Hall–Kier alpha value is -2.38. The van der Waals surface area contributed by atoms with Crippen molar-refractivity contribution in [2.45, 2.75) is 17.4 Å². The van der Waals surface area contributed by atoms with E-state index in [0.29, 0.717) is 0 Å². The number of ether oxygens (including phenoxy) is 1. The molecule has 0 aromatic heterocycles. The SMILES string of the molecule is COC(=O)[C@H](CCS(=O)(=O)c1ccccc1)NC(=O)c1ccccc1Cl. The zero-order chi connectivity index (χ0) is 19.2. The first-order valence-electron chi connectivity index (χ1n) is 7.76. The van der Waals surface area contributed by atoms with E-state index in [0.717, 1.165) is 0 Å². The number of carbonyl (C=O) groups excluding carboxylic acids is 2. The fourth-order valence-corrected chi connectivity index (χ4v) is 3.87. The van der Waals surface area contributed by atoms with Crippen LogP contribution in [0.2, 0.25) is 5.02 Å². The van der Waals surface area contributed by atoms with Crippen LogP contribution in [0.15, 0.2) is 59.5 Å². The molecule has 2 aromatic rings. The maximum atomic E-state index is 12.4. The summed E-state index contributed by atoms with van der Waals surface area (Å²) in [5.41, 5.74) is 0.189. The van der Waals surface area contributed by atoms with Crippen LogP contribution in [0.4, 0.5) is 0 Å². The van der Waals surface area contributed by atoms with Gasteiger partial charge in [0.15, 0.2) is 9.84 Å². The molecule has 138 valence electrons. The van der Waals surface area contributed by atoms with E-state index in [1.165, 1.54) is 25.3 Å². The van der Waals surface area contributed by atoms with E-state index in [1.54, 1.807) is 36.4 Å². The van der Waals surface area contributed by atoms with Crippen LogP contribution in [-0.4, -0.2) is 39.2 Å². The molecule has 1 amide bonds. The van der Waals surface area contributed by atoms with Gasteiger partial charge in [0.1, 0.15) is 6.04 Å². The Labute approximate surface area is 157 Å². The number of hydrogen-bond acceptors (Lipinski definition) is 5. The average molecular weight is 396 g/mol. The van der Waals surface area contributed by atoms with E-state index in [9.17, 15) is 18.0 Å². The molecule has 0 bridgehead atoms. The van der Waals surface area contributed by atoms with Crippen molar-refractivity contribution >= 4 is 33.3 Å². The Morgan fingerprint density at radius 3 is 2.31 bits per heavy atom. The fraction of sp³-hybridized carbons (Fsp3) is 0.222. The lowest BCUT2D eigenvalue weighted by Crippen LogP contribution is -2.42. The second kappa shape index (κ2) is 8.82. The van der Waals surface area contributed by atoms with E-state index in [2.05, 4.69) is 10.1 Å². The molecular weight excluding hydrogens is 378 g/mol. The Morgan fingerprint density at radius 2 is 1.69 bits per heavy atom. The minimum absolute atomic E-state index is 0.125. The minimum atomic E-state index is -3.59. The van der Waals surface area contributed by atoms with E-state index >= 15 is 0 Å². The van der Waals surface area contributed by atoms with Crippen LogP contribution in [0.3, 0.4) is 0 Å². The van der Waals surface area contributed by atoms with Gasteiger partial charge < -0.3 is 10.1 Å². The number of nitrogens with one attached hydrogen (secondary N) is 1. The van der Waals surface area contributed by atoms with Crippen molar-refractivity contribution < 1.29 is 22.7 Å². The molecule has 2 rings (SSSR count). The Balaban J connectivity index is 2.12. The molecule has 6 nitrogen and oxygen atoms in total.